The zero-order valence-corrected chi connectivity index (χ0v) is 20.7. The predicted molar refractivity (Wildman–Crippen MR) is 129 cm³/mol. The highest BCUT2D eigenvalue weighted by Crippen LogP contribution is 2.45. The molecule has 1 saturated heterocycles. The SMILES string of the molecule is COc1ccccc1C1SC(C)C(=O)N1n1c(COc2c(Cl)cc(Cl)cc2Cl)n[nH]c1=S. The van der Waals surface area contributed by atoms with Crippen molar-refractivity contribution in [2.75, 3.05) is 12.1 Å². The minimum Gasteiger partial charge on any atom is -0.496 e. The summed E-state index contributed by atoms with van der Waals surface area (Å²) in [6.45, 7) is 1.80. The van der Waals surface area contributed by atoms with Crippen molar-refractivity contribution in [1.82, 2.24) is 14.9 Å². The summed E-state index contributed by atoms with van der Waals surface area (Å²) < 4.78 is 13.1. The molecule has 4 rings (SSSR count). The molecule has 3 aromatic rings. The van der Waals surface area contributed by atoms with E-state index in [1.165, 1.54) is 23.9 Å². The van der Waals surface area contributed by atoms with Crippen LogP contribution in [-0.2, 0) is 11.4 Å². The lowest BCUT2D eigenvalue weighted by atomic mass is 10.2. The van der Waals surface area contributed by atoms with E-state index in [-0.39, 0.29) is 43.7 Å². The Morgan fingerprint density at radius 2 is 1.91 bits per heavy atom. The molecule has 0 aliphatic carbocycles. The van der Waals surface area contributed by atoms with Gasteiger partial charge in [0.1, 0.15) is 17.7 Å². The maximum absolute atomic E-state index is 13.2. The number of H-pyrrole nitrogens is 1. The van der Waals surface area contributed by atoms with E-state index in [0.29, 0.717) is 16.6 Å². The standard InChI is InChI=1S/C20H17Cl3N4O3S2/c1-10-18(28)27(19(32-10)12-5-3-4-6-15(12)29-2)26-16(24-25-20(26)31)9-30-17-13(22)7-11(21)8-14(17)23/h3-8,10,19H,9H2,1-2H3,(H,25,31). The van der Waals surface area contributed by atoms with Crippen LogP contribution >= 0.6 is 58.8 Å². The van der Waals surface area contributed by atoms with Crippen LogP contribution in [-0.4, -0.2) is 33.1 Å². The first-order valence-electron chi connectivity index (χ1n) is 9.37. The van der Waals surface area contributed by atoms with E-state index in [2.05, 4.69) is 10.2 Å². The molecular formula is C20H17Cl3N4O3S2. The second-order valence-electron chi connectivity index (χ2n) is 6.80. The van der Waals surface area contributed by atoms with Crippen LogP contribution in [0.3, 0.4) is 0 Å². The van der Waals surface area contributed by atoms with Gasteiger partial charge in [-0.15, -0.1) is 11.8 Å². The third-order valence-electron chi connectivity index (χ3n) is 4.78. The van der Waals surface area contributed by atoms with E-state index in [0.717, 1.165) is 5.56 Å². The third kappa shape index (κ3) is 4.32. The van der Waals surface area contributed by atoms with Gasteiger partial charge in [0.2, 0.25) is 4.77 Å². The Morgan fingerprint density at radius 3 is 2.59 bits per heavy atom. The molecule has 0 bridgehead atoms. The van der Waals surface area contributed by atoms with Crippen molar-refractivity contribution < 1.29 is 14.3 Å². The van der Waals surface area contributed by atoms with Gasteiger partial charge in [-0.05, 0) is 37.3 Å². The number of carbonyl (C=O) groups is 1. The molecule has 1 N–H and O–H groups in total. The normalized spacial score (nSPS) is 18.3. The number of aromatic nitrogens is 3. The number of aromatic amines is 1. The maximum Gasteiger partial charge on any atom is 0.255 e. The van der Waals surface area contributed by atoms with Gasteiger partial charge in [-0.2, -0.15) is 5.10 Å². The Bertz CT molecular complexity index is 1210. The number of methoxy groups -OCH3 is 1. The lowest BCUT2D eigenvalue weighted by Crippen LogP contribution is -2.41. The minimum atomic E-state index is -0.376. The molecule has 1 aliphatic heterocycles. The number of amides is 1. The fourth-order valence-corrected chi connectivity index (χ4v) is 5.76. The summed E-state index contributed by atoms with van der Waals surface area (Å²) in [6.07, 6.45) is 0. The minimum absolute atomic E-state index is 0.0459. The van der Waals surface area contributed by atoms with Gasteiger partial charge in [0.25, 0.3) is 5.91 Å². The number of nitrogens with one attached hydrogen (secondary N) is 1. The Balaban J connectivity index is 1.71. The van der Waals surface area contributed by atoms with Gasteiger partial charge >= 0.3 is 0 Å². The number of hydrogen-bond acceptors (Lipinski definition) is 6. The number of nitrogens with zero attached hydrogens (tertiary/aromatic N) is 3. The number of carbonyl (C=O) groups excluding carboxylic acids is 1. The number of rotatable bonds is 6. The van der Waals surface area contributed by atoms with Crippen LogP contribution in [0, 0.1) is 4.77 Å². The molecule has 1 aliphatic rings. The first-order valence-corrected chi connectivity index (χ1v) is 11.9. The molecule has 1 aromatic heterocycles. The van der Waals surface area contributed by atoms with Crippen LogP contribution < -0.4 is 14.5 Å². The lowest BCUT2D eigenvalue weighted by molar-refractivity contribution is -0.119. The highest BCUT2D eigenvalue weighted by molar-refractivity contribution is 8.01. The number of benzene rings is 2. The van der Waals surface area contributed by atoms with Crippen LogP contribution in [0.4, 0.5) is 0 Å². The van der Waals surface area contributed by atoms with Gasteiger partial charge in [-0.3, -0.25) is 9.89 Å². The molecule has 1 fully saturated rings. The molecule has 2 aromatic carbocycles. The molecule has 32 heavy (non-hydrogen) atoms. The number of para-hydroxylation sites is 1. The summed E-state index contributed by atoms with van der Waals surface area (Å²) in [5.74, 6) is 1.19. The highest BCUT2D eigenvalue weighted by atomic mass is 35.5. The van der Waals surface area contributed by atoms with Gasteiger partial charge in [-0.25, -0.2) is 9.69 Å². The second kappa shape index (κ2) is 9.52. The molecule has 168 valence electrons. The van der Waals surface area contributed by atoms with Crippen molar-refractivity contribution in [2.24, 2.45) is 0 Å². The van der Waals surface area contributed by atoms with Crippen LogP contribution in [0.1, 0.15) is 23.7 Å². The smallest absolute Gasteiger partial charge is 0.255 e. The molecule has 0 radical (unpaired) electrons. The molecule has 2 unspecified atom stereocenters. The maximum atomic E-state index is 13.2. The van der Waals surface area contributed by atoms with Crippen molar-refractivity contribution in [3.05, 3.63) is 67.6 Å². The molecule has 0 saturated carbocycles. The van der Waals surface area contributed by atoms with Crippen LogP contribution in [0.2, 0.25) is 15.1 Å². The summed E-state index contributed by atoms with van der Waals surface area (Å²) in [5.41, 5.74) is 0.844. The summed E-state index contributed by atoms with van der Waals surface area (Å²) in [5, 5.41) is 8.81. The Labute approximate surface area is 208 Å². The lowest BCUT2D eigenvalue weighted by Gasteiger charge is -2.26. The average molecular weight is 532 g/mol. The van der Waals surface area contributed by atoms with Gasteiger partial charge in [-0.1, -0.05) is 53.0 Å². The quantitative estimate of drug-likeness (QED) is 0.406. The van der Waals surface area contributed by atoms with Crippen LogP contribution in [0.5, 0.6) is 11.5 Å². The first-order chi connectivity index (χ1) is 15.3. The van der Waals surface area contributed by atoms with E-state index in [1.54, 1.807) is 16.8 Å². The summed E-state index contributed by atoms with van der Waals surface area (Å²) in [4.78, 5) is 13.2. The molecule has 0 spiro atoms. The fraction of sp³-hybridized carbons (Fsp3) is 0.250. The molecule has 7 nitrogen and oxygen atoms in total. The number of hydrogen-bond donors (Lipinski definition) is 1. The summed E-state index contributed by atoms with van der Waals surface area (Å²) in [7, 11) is 1.59. The van der Waals surface area contributed by atoms with E-state index < -0.39 is 0 Å². The number of ether oxygens (including phenoxy) is 2. The van der Waals surface area contributed by atoms with Crippen molar-refractivity contribution >= 4 is 64.7 Å². The average Bonchev–Trinajstić information content (AvgIpc) is 3.25. The first kappa shape index (κ1) is 23.3. The van der Waals surface area contributed by atoms with Crippen molar-refractivity contribution in [3.8, 4) is 11.5 Å². The monoisotopic (exact) mass is 530 g/mol. The van der Waals surface area contributed by atoms with Crippen molar-refractivity contribution in [1.29, 1.82) is 0 Å². The van der Waals surface area contributed by atoms with Gasteiger partial charge in [0.05, 0.1) is 22.4 Å². The Morgan fingerprint density at radius 1 is 1.22 bits per heavy atom. The molecule has 2 atom stereocenters. The fourth-order valence-electron chi connectivity index (χ4n) is 3.33. The van der Waals surface area contributed by atoms with Gasteiger partial charge in [0, 0.05) is 10.6 Å². The predicted octanol–water partition coefficient (Wildman–Crippen LogP) is 5.79. The van der Waals surface area contributed by atoms with Gasteiger partial charge in [0.15, 0.2) is 11.6 Å². The number of halogens is 3. The van der Waals surface area contributed by atoms with E-state index in [1.807, 2.05) is 31.2 Å². The van der Waals surface area contributed by atoms with Crippen molar-refractivity contribution in [3.63, 3.8) is 0 Å². The summed E-state index contributed by atoms with van der Waals surface area (Å²) >= 11 is 25.3. The topological polar surface area (TPSA) is 72.4 Å². The second-order valence-corrected chi connectivity index (χ2v) is 9.86. The molecule has 2 heterocycles. The van der Waals surface area contributed by atoms with Gasteiger partial charge < -0.3 is 9.47 Å². The molecule has 12 heteroatoms. The zero-order chi connectivity index (χ0) is 23.0. The molecule has 1 amide bonds. The van der Waals surface area contributed by atoms with E-state index in [9.17, 15) is 4.79 Å². The Kier molecular flexibility index (Phi) is 6.92. The van der Waals surface area contributed by atoms with Crippen LogP contribution in [0.25, 0.3) is 0 Å². The highest BCUT2D eigenvalue weighted by Gasteiger charge is 2.42. The summed E-state index contributed by atoms with van der Waals surface area (Å²) in [6, 6.07) is 10.6. The number of thioether (sulfide) groups is 1. The Hall–Kier alpha value is -1.91. The molecular weight excluding hydrogens is 515 g/mol. The van der Waals surface area contributed by atoms with E-state index in [4.69, 9.17) is 56.5 Å². The van der Waals surface area contributed by atoms with E-state index >= 15 is 0 Å². The van der Waals surface area contributed by atoms with Crippen LogP contribution in [0.15, 0.2) is 36.4 Å². The zero-order valence-electron chi connectivity index (χ0n) is 16.8. The van der Waals surface area contributed by atoms with Crippen molar-refractivity contribution in [2.45, 2.75) is 24.2 Å². The third-order valence-corrected chi connectivity index (χ3v) is 7.14. The largest absolute Gasteiger partial charge is 0.496 e.